The van der Waals surface area contributed by atoms with Crippen LogP contribution in [0.2, 0.25) is 0 Å². The fourth-order valence-corrected chi connectivity index (χ4v) is 2.26. The molecule has 0 amide bonds. The highest BCUT2D eigenvalue weighted by Gasteiger charge is 2.10. The third kappa shape index (κ3) is 2.31. The standard InChI is InChI=1S/C12H11ClFN5/c13-8-12-16-10-7-9(14)1-2-11(10)19(12)6-5-18-4-3-15-17-18/h1-4,7H,5-6,8H2. The number of imidazole rings is 1. The summed E-state index contributed by atoms with van der Waals surface area (Å²) in [7, 11) is 0. The highest BCUT2D eigenvalue weighted by molar-refractivity contribution is 6.16. The Morgan fingerprint density at radius 3 is 2.89 bits per heavy atom. The van der Waals surface area contributed by atoms with Gasteiger partial charge in [-0.05, 0) is 12.1 Å². The summed E-state index contributed by atoms with van der Waals surface area (Å²) in [6, 6.07) is 4.56. The van der Waals surface area contributed by atoms with E-state index in [0.717, 1.165) is 11.3 Å². The van der Waals surface area contributed by atoms with Crippen LogP contribution in [0.25, 0.3) is 11.0 Å². The van der Waals surface area contributed by atoms with Crippen molar-refractivity contribution in [2.45, 2.75) is 19.0 Å². The highest BCUT2D eigenvalue weighted by Crippen LogP contribution is 2.18. The Hall–Kier alpha value is -1.95. The molecule has 7 heteroatoms. The zero-order valence-electron chi connectivity index (χ0n) is 10.0. The molecule has 0 bridgehead atoms. The van der Waals surface area contributed by atoms with Gasteiger partial charge in [0, 0.05) is 18.8 Å². The number of hydrogen-bond acceptors (Lipinski definition) is 3. The van der Waals surface area contributed by atoms with E-state index in [2.05, 4.69) is 15.3 Å². The summed E-state index contributed by atoms with van der Waals surface area (Å²) in [5, 5.41) is 7.66. The Bertz CT molecular complexity index is 692. The molecule has 5 nitrogen and oxygen atoms in total. The Morgan fingerprint density at radius 2 is 2.16 bits per heavy atom. The van der Waals surface area contributed by atoms with Gasteiger partial charge in [-0.15, -0.1) is 16.7 Å². The van der Waals surface area contributed by atoms with Gasteiger partial charge in [-0.2, -0.15) is 0 Å². The van der Waals surface area contributed by atoms with Crippen LogP contribution < -0.4 is 0 Å². The van der Waals surface area contributed by atoms with Crippen molar-refractivity contribution in [3.05, 3.63) is 42.2 Å². The fraction of sp³-hybridized carbons (Fsp3) is 0.250. The fourth-order valence-electron chi connectivity index (χ4n) is 2.06. The van der Waals surface area contributed by atoms with E-state index in [1.165, 1.54) is 12.1 Å². The molecule has 0 radical (unpaired) electrons. The van der Waals surface area contributed by atoms with Crippen molar-refractivity contribution >= 4 is 22.6 Å². The zero-order chi connectivity index (χ0) is 13.2. The molecule has 0 fully saturated rings. The number of alkyl halides is 1. The molecule has 0 aliphatic rings. The van der Waals surface area contributed by atoms with Crippen molar-refractivity contribution in [3.8, 4) is 0 Å². The minimum Gasteiger partial charge on any atom is -0.325 e. The van der Waals surface area contributed by atoms with Crippen LogP contribution in [0.5, 0.6) is 0 Å². The molecule has 0 N–H and O–H groups in total. The SMILES string of the molecule is Fc1ccc2c(c1)nc(CCl)n2CCn1ccnn1. The molecule has 0 saturated carbocycles. The van der Waals surface area contributed by atoms with E-state index in [1.54, 1.807) is 23.1 Å². The van der Waals surface area contributed by atoms with Crippen molar-refractivity contribution in [1.29, 1.82) is 0 Å². The van der Waals surface area contributed by atoms with Gasteiger partial charge in [0.1, 0.15) is 11.6 Å². The summed E-state index contributed by atoms with van der Waals surface area (Å²) in [5.74, 6) is 0.713. The van der Waals surface area contributed by atoms with Crippen molar-refractivity contribution in [2.75, 3.05) is 0 Å². The molecule has 1 aromatic carbocycles. The number of halogens is 2. The van der Waals surface area contributed by atoms with E-state index >= 15 is 0 Å². The molecule has 0 aliphatic heterocycles. The van der Waals surface area contributed by atoms with E-state index < -0.39 is 0 Å². The molecule has 3 rings (SSSR count). The minimum absolute atomic E-state index is 0.285. The molecule has 19 heavy (non-hydrogen) atoms. The van der Waals surface area contributed by atoms with E-state index in [-0.39, 0.29) is 11.7 Å². The van der Waals surface area contributed by atoms with Crippen LogP contribution >= 0.6 is 11.6 Å². The molecule has 2 heterocycles. The van der Waals surface area contributed by atoms with E-state index in [9.17, 15) is 4.39 Å². The first kappa shape index (κ1) is 12.1. The van der Waals surface area contributed by atoms with Gasteiger partial charge < -0.3 is 4.57 Å². The molecule has 2 aromatic heterocycles. The summed E-state index contributed by atoms with van der Waals surface area (Å²) in [6.07, 6.45) is 3.42. The molecule has 0 atom stereocenters. The lowest BCUT2D eigenvalue weighted by molar-refractivity contribution is 0.519. The first-order chi connectivity index (χ1) is 9.28. The van der Waals surface area contributed by atoms with Gasteiger partial charge in [-0.25, -0.2) is 9.37 Å². The topological polar surface area (TPSA) is 48.5 Å². The second kappa shape index (κ2) is 4.97. The third-order valence-corrected chi connectivity index (χ3v) is 3.17. The van der Waals surface area contributed by atoms with Gasteiger partial charge in [0.15, 0.2) is 0 Å². The van der Waals surface area contributed by atoms with Crippen LogP contribution in [0.15, 0.2) is 30.6 Å². The number of fused-ring (bicyclic) bond motifs is 1. The molecule has 3 aromatic rings. The lowest BCUT2D eigenvalue weighted by atomic mass is 10.3. The monoisotopic (exact) mass is 279 g/mol. The molecule has 98 valence electrons. The van der Waals surface area contributed by atoms with Crippen molar-refractivity contribution in [1.82, 2.24) is 24.5 Å². The van der Waals surface area contributed by atoms with E-state index in [0.29, 0.717) is 18.6 Å². The third-order valence-electron chi connectivity index (χ3n) is 2.93. The Labute approximate surface area is 113 Å². The smallest absolute Gasteiger partial charge is 0.125 e. The maximum Gasteiger partial charge on any atom is 0.125 e. The van der Waals surface area contributed by atoms with Gasteiger partial charge in [0.25, 0.3) is 0 Å². The summed E-state index contributed by atoms with van der Waals surface area (Å²) < 4.78 is 16.9. The molecular weight excluding hydrogens is 269 g/mol. The van der Waals surface area contributed by atoms with Crippen LogP contribution in [0.3, 0.4) is 0 Å². The predicted octanol–water partition coefficient (Wildman–Crippen LogP) is 2.21. The predicted molar refractivity (Wildman–Crippen MR) is 69.3 cm³/mol. The lowest BCUT2D eigenvalue weighted by Gasteiger charge is -2.07. The first-order valence-electron chi connectivity index (χ1n) is 5.82. The second-order valence-corrected chi connectivity index (χ2v) is 4.38. The molecule has 0 saturated heterocycles. The first-order valence-corrected chi connectivity index (χ1v) is 6.36. The van der Waals surface area contributed by atoms with Crippen LogP contribution in [-0.2, 0) is 19.0 Å². The average Bonchev–Trinajstić information content (AvgIpc) is 3.02. The molecule has 0 spiro atoms. The minimum atomic E-state index is -0.297. The summed E-state index contributed by atoms with van der Waals surface area (Å²) in [4.78, 5) is 4.34. The van der Waals surface area contributed by atoms with Gasteiger partial charge >= 0.3 is 0 Å². The maximum absolute atomic E-state index is 13.2. The molecule has 0 unspecified atom stereocenters. The number of aryl methyl sites for hydroxylation is 2. The quantitative estimate of drug-likeness (QED) is 0.688. The number of rotatable bonds is 4. The van der Waals surface area contributed by atoms with Crippen LogP contribution in [0.1, 0.15) is 5.82 Å². The van der Waals surface area contributed by atoms with Gasteiger partial charge in [0.05, 0.1) is 29.7 Å². The van der Waals surface area contributed by atoms with Crippen molar-refractivity contribution < 1.29 is 4.39 Å². The van der Waals surface area contributed by atoms with Crippen LogP contribution in [-0.4, -0.2) is 24.5 Å². The van der Waals surface area contributed by atoms with Crippen LogP contribution in [0, 0.1) is 5.82 Å². The second-order valence-electron chi connectivity index (χ2n) is 4.11. The van der Waals surface area contributed by atoms with E-state index in [1.807, 2.05) is 4.57 Å². The number of aromatic nitrogens is 5. The lowest BCUT2D eigenvalue weighted by Crippen LogP contribution is -2.10. The number of hydrogen-bond donors (Lipinski definition) is 0. The summed E-state index contributed by atoms with van der Waals surface area (Å²) in [6.45, 7) is 1.32. The van der Waals surface area contributed by atoms with Crippen LogP contribution in [0.4, 0.5) is 4.39 Å². The Kier molecular flexibility index (Phi) is 3.16. The summed E-state index contributed by atoms with van der Waals surface area (Å²) >= 11 is 5.89. The Balaban J connectivity index is 1.96. The maximum atomic E-state index is 13.2. The van der Waals surface area contributed by atoms with Gasteiger partial charge in [-0.1, -0.05) is 5.21 Å². The summed E-state index contributed by atoms with van der Waals surface area (Å²) in [5.41, 5.74) is 1.49. The zero-order valence-corrected chi connectivity index (χ0v) is 10.8. The normalized spacial score (nSPS) is 11.3. The molecule has 0 aliphatic carbocycles. The number of benzene rings is 1. The number of nitrogens with zero attached hydrogens (tertiary/aromatic N) is 5. The van der Waals surface area contributed by atoms with Crippen molar-refractivity contribution in [3.63, 3.8) is 0 Å². The van der Waals surface area contributed by atoms with Gasteiger partial charge in [0.2, 0.25) is 0 Å². The van der Waals surface area contributed by atoms with Crippen molar-refractivity contribution in [2.24, 2.45) is 0 Å². The van der Waals surface area contributed by atoms with Gasteiger partial charge in [-0.3, -0.25) is 4.68 Å². The Morgan fingerprint density at radius 1 is 1.26 bits per heavy atom. The van der Waals surface area contributed by atoms with E-state index in [4.69, 9.17) is 11.6 Å². The average molecular weight is 280 g/mol. The molecular formula is C12H11ClFN5. The highest BCUT2D eigenvalue weighted by atomic mass is 35.5. The largest absolute Gasteiger partial charge is 0.325 e.